The summed E-state index contributed by atoms with van der Waals surface area (Å²) in [6.45, 7) is 0. The highest BCUT2D eigenvalue weighted by Crippen LogP contribution is 2.13. The van der Waals surface area contributed by atoms with Gasteiger partial charge >= 0.3 is 0 Å². The molecule has 2 rings (SSSR count). The molecule has 0 unspecified atom stereocenters. The van der Waals surface area contributed by atoms with Crippen molar-refractivity contribution >= 4 is 32.9 Å². The van der Waals surface area contributed by atoms with Crippen molar-refractivity contribution < 1.29 is 0 Å². The maximum atomic E-state index is 4.29. The molecule has 1 heterocycles. The second-order valence-corrected chi connectivity index (χ2v) is 3.17. The lowest BCUT2D eigenvalue weighted by Gasteiger charge is -1.91. The molecule has 1 aromatic heterocycles. The van der Waals surface area contributed by atoms with E-state index in [1.807, 2.05) is 30.3 Å². The molecule has 5 heteroatoms. The fourth-order valence-electron chi connectivity index (χ4n) is 1.07. The molecule has 0 fully saturated rings. The van der Waals surface area contributed by atoms with Gasteiger partial charge in [0.05, 0.1) is 5.33 Å². The van der Waals surface area contributed by atoms with E-state index in [-0.39, 0.29) is 17.0 Å². The van der Waals surface area contributed by atoms with E-state index < -0.39 is 0 Å². The van der Waals surface area contributed by atoms with Crippen LogP contribution in [0.3, 0.4) is 0 Å². The molecule has 2 aromatic rings. The van der Waals surface area contributed by atoms with Crippen molar-refractivity contribution in [3.8, 4) is 11.4 Å². The van der Waals surface area contributed by atoms with Crippen LogP contribution in [0.1, 0.15) is 5.82 Å². The minimum Gasteiger partial charge on any atom is -0.262 e. The monoisotopic (exact) mass is 317 g/mol. The molecule has 3 nitrogen and oxygen atoms in total. The molecule has 0 atom stereocenters. The number of aromatic nitrogens is 3. The van der Waals surface area contributed by atoms with Gasteiger partial charge in [-0.15, -0.1) is 17.0 Å². The summed E-state index contributed by atoms with van der Waals surface area (Å²) in [7, 11) is 0. The Morgan fingerprint density at radius 1 is 1.21 bits per heavy atom. The van der Waals surface area contributed by atoms with Crippen LogP contribution >= 0.6 is 32.9 Å². The number of H-pyrrole nitrogens is 1. The number of alkyl halides is 1. The maximum absolute atomic E-state index is 4.29. The zero-order valence-corrected chi connectivity index (χ0v) is 10.6. The zero-order valence-electron chi connectivity index (χ0n) is 7.27. The number of rotatable bonds is 2. The molecule has 0 saturated carbocycles. The summed E-state index contributed by atoms with van der Waals surface area (Å²) in [6.07, 6.45) is 0. The fourth-order valence-corrected chi connectivity index (χ4v) is 1.32. The predicted octanol–water partition coefficient (Wildman–Crippen LogP) is 2.94. The first-order valence-electron chi connectivity index (χ1n) is 3.93. The van der Waals surface area contributed by atoms with Crippen LogP contribution in [0.4, 0.5) is 0 Å². The minimum atomic E-state index is 0. The SMILES string of the molecule is Br.BrCc1nc(-c2ccccc2)n[nH]1. The van der Waals surface area contributed by atoms with Crippen molar-refractivity contribution in [2.45, 2.75) is 5.33 Å². The Balaban J connectivity index is 0.000000980. The molecule has 1 aromatic carbocycles. The first-order chi connectivity index (χ1) is 6.40. The van der Waals surface area contributed by atoms with Crippen LogP contribution in [0.5, 0.6) is 0 Å². The molecule has 0 amide bonds. The second kappa shape index (κ2) is 5.26. The predicted molar refractivity (Wildman–Crippen MR) is 64.8 cm³/mol. The van der Waals surface area contributed by atoms with Crippen molar-refractivity contribution in [1.82, 2.24) is 15.2 Å². The van der Waals surface area contributed by atoms with Gasteiger partial charge in [-0.3, -0.25) is 5.10 Å². The largest absolute Gasteiger partial charge is 0.262 e. The molecule has 0 radical (unpaired) electrons. The molecule has 0 bridgehead atoms. The molecular weight excluding hydrogens is 310 g/mol. The summed E-state index contributed by atoms with van der Waals surface area (Å²) in [5.74, 6) is 1.59. The highest BCUT2D eigenvalue weighted by molar-refractivity contribution is 9.08. The summed E-state index contributed by atoms with van der Waals surface area (Å²) < 4.78 is 0. The van der Waals surface area contributed by atoms with Gasteiger partial charge in [0.25, 0.3) is 0 Å². The third-order valence-electron chi connectivity index (χ3n) is 1.69. The Labute approximate surface area is 101 Å². The summed E-state index contributed by atoms with van der Waals surface area (Å²) >= 11 is 3.31. The van der Waals surface area contributed by atoms with Gasteiger partial charge in [-0.2, -0.15) is 5.10 Å². The number of hydrogen-bond donors (Lipinski definition) is 1. The highest BCUT2D eigenvalue weighted by Gasteiger charge is 2.02. The number of hydrogen-bond acceptors (Lipinski definition) is 2. The van der Waals surface area contributed by atoms with E-state index in [0.717, 1.165) is 17.2 Å². The molecule has 14 heavy (non-hydrogen) atoms. The summed E-state index contributed by atoms with van der Waals surface area (Å²) in [5.41, 5.74) is 1.03. The van der Waals surface area contributed by atoms with E-state index in [2.05, 4.69) is 31.1 Å². The topological polar surface area (TPSA) is 41.6 Å². The molecule has 0 aliphatic heterocycles. The van der Waals surface area contributed by atoms with E-state index in [9.17, 15) is 0 Å². The van der Waals surface area contributed by atoms with Gasteiger partial charge in [0.15, 0.2) is 5.82 Å². The molecule has 1 N–H and O–H groups in total. The molecule has 0 spiro atoms. The average molecular weight is 319 g/mol. The average Bonchev–Trinajstić information content (AvgIpc) is 2.67. The van der Waals surface area contributed by atoms with E-state index in [1.165, 1.54) is 0 Å². The van der Waals surface area contributed by atoms with Gasteiger partial charge in [0.2, 0.25) is 0 Å². The fraction of sp³-hybridized carbons (Fsp3) is 0.111. The van der Waals surface area contributed by atoms with Crippen LogP contribution in [-0.2, 0) is 5.33 Å². The minimum absolute atomic E-state index is 0. The standard InChI is InChI=1S/C9H8BrN3.BrH/c10-6-8-11-9(13-12-8)7-4-2-1-3-5-7;/h1-5H,6H2,(H,11,12,13);1H. The van der Waals surface area contributed by atoms with Gasteiger partial charge in [0.1, 0.15) is 5.82 Å². The third kappa shape index (κ3) is 2.42. The van der Waals surface area contributed by atoms with Gasteiger partial charge in [-0.25, -0.2) is 4.98 Å². The molecule has 0 aliphatic carbocycles. The lowest BCUT2D eigenvalue weighted by Crippen LogP contribution is -1.80. The molecular formula is C9H9Br2N3. The van der Waals surface area contributed by atoms with Gasteiger partial charge < -0.3 is 0 Å². The summed E-state index contributed by atoms with van der Waals surface area (Å²) in [5, 5.41) is 7.64. The lowest BCUT2D eigenvalue weighted by atomic mass is 10.2. The van der Waals surface area contributed by atoms with E-state index in [1.54, 1.807) is 0 Å². The van der Waals surface area contributed by atoms with Crippen molar-refractivity contribution in [3.63, 3.8) is 0 Å². The van der Waals surface area contributed by atoms with Crippen molar-refractivity contribution in [2.24, 2.45) is 0 Å². The van der Waals surface area contributed by atoms with Gasteiger partial charge in [-0.05, 0) is 0 Å². The Hall–Kier alpha value is -0.680. The van der Waals surface area contributed by atoms with Crippen LogP contribution in [-0.4, -0.2) is 15.2 Å². The Bertz CT molecular complexity index is 386. The van der Waals surface area contributed by atoms with Crippen LogP contribution in [0.2, 0.25) is 0 Å². The number of halogens is 2. The third-order valence-corrected chi connectivity index (χ3v) is 2.22. The first-order valence-corrected chi connectivity index (χ1v) is 5.05. The number of aromatic amines is 1. The maximum Gasteiger partial charge on any atom is 0.181 e. The molecule has 74 valence electrons. The Kier molecular flexibility index (Phi) is 4.28. The van der Waals surface area contributed by atoms with Gasteiger partial charge in [0, 0.05) is 5.56 Å². The Morgan fingerprint density at radius 3 is 2.50 bits per heavy atom. The normalized spacial score (nSPS) is 9.50. The quantitative estimate of drug-likeness (QED) is 0.865. The van der Waals surface area contributed by atoms with Crippen LogP contribution in [0.15, 0.2) is 30.3 Å². The van der Waals surface area contributed by atoms with Crippen molar-refractivity contribution in [3.05, 3.63) is 36.2 Å². The second-order valence-electron chi connectivity index (χ2n) is 2.61. The van der Waals surface area contributed by atoms with Crippen LogP contribution in [0, 0.1) is 0 Å². The van der Waals surface area contributed by atoms with E-state index in [0.29, 0.717) is 5.33 Å². The van der Waals surface area contributed by atoms with E-state index in [4.69, 9.17) is 0 Å². The van der Waals surface area contributed by atoms with Crippen molar-refractivity contribution in [1.29, 1.82) is 0 Å². The highest BCUT2D eigenvalue weighted by atomic mass is 79.9. The first kappa shape index (κ1) is 11.4. The van der Waals surface area contributed by atoms with Crippen molar-refractivity contribution in [2.75, 3.05) is 0 Å². The molecule has 0 aliphatic rings. The number of benzene rings is 1. The van der Waals surface area contributed by atoms with Crippen LogP contribution in [0.25, 0.3) is 11.4 Å². The summed E-state index contributed by atoms with van der Waals surface area (Å²) in [6, 6.07) is 9.89. The lowest BCUT2D eigenvalue weighted by molar-refractivity contribution is 1.03. The summed E-state index contributed by atoms with van der Waals surface area (Å²) in [4.78, 5) is 4.29. The number of nitrogens with one attached hydrogen (secondary N) is 1. The molecule has 0 saturated heterocycles. The van der Waals surface area contributed by atoms with Crippen LogP contribution < -0.4 is 0 Å². The van der Waals surface area contributed by atoms with E-state index >= 15 is 0 Å². The zero-order chi connectivity index (χ0) is 9.10. The number of nitrogens with zero attached hydrogens (tertiary/aromatic N) is 2. The van der Waals surface area contributed by atoms with Gasteiger partial charge in [-0.1, -0.05) is 46.3 Å². The smallest absolute Gasteiger partial charge is 0.181 e. The Morgan fingerprint density at radius 2 is 1.93 bits per heavy atom.